The van der Waals surface area contributed by atoms with E-state index in [9.17, 15) is 14.7 Å². The minimum atomic E-state index is -1.32. The number of amides is 2. The van der Waals surface area contributed by atoms with E-state index < -0.39 is 18.0 Å². The normalized spacial score (nSPS) is 13.4. The summed E-state index contributed by atoms with van der Waals surface area (Å²) in [6.07, 6.45) is 0.603. The van der Waals surface area contributed by atoms with Crippen LogP contribution < -0.4 is 15.7 Å². The van der Waals surface area contributed by atoms with Crippen LogP contribution in [0.4, 0.5) is 10.5 Å². The maximum Gasteiger partial charge on any atom is 0.319 e. The van der Waals surface area contributed by atoms with Crippen molar-refractivity contribution in [3.05, 3.63) is 28.2 Å². The first kappa shape index (κ1) is 16.6. The molecule has 0 fully saturated rings. The maximum absolute atomic E-state index is 11.8. The Labute approximate surface area is 127 Å². The summed E-state index contributed by atoms with van der Waals surface area (Å²) in [6.45, 7) is 3.55. The third kappa shape index (κ3) is 4.58. The summed E-state index contributed by atoms with van der Waals surface area (Å²) in [5.41, 5.74) is 0.415. The summed E-state index contributed by atoms with van der Waals surface area (Å²) >= 11 is 11.6. The van der Waals surface area contributed by atoms with Crippen molar-refractivity contribution < 1.29 is 14.7 Å². The van der Waals surface area contributed by atoms with E-state index >= 15 is 0 Å². The number of urea groups is 1. The number of carbonyl (C=O) groups excluding carboxylic acids is 2. The quantitative estimate of drug-likeness (QED) is 0.874. The van der Waals surface area contributed by atoms with Crippen LogP contribution in [0, 0.1) is 5.92 Å². The molecule has 0 spiro atoms. The molecule has 0 radical (unpaired) electrons. The molecular weight excluding hydrogens is 303 g/mol. The van der Waals surface area contributed by atoms with Crippen LogP contribution >= 0.6 is 23.2 Å². The Balaban J connectivity index is 2.70. The van der Waals surface area contributed by atoms with E-state index in [0.717, 1.165) is 0 Å². The van der Waals surface area contributed by atoms with Gasteiger partial charge in [0, 0.05) is 5.69 Å². The number of hydrogen-bond donors (Lipinski definition) is 2. The second-order valence-electron chi connectivity index (χ2n) is 4.41. The number of nitrogens with one attached hydrogen (secondary N) is 2. The van der Waals surface area contributed by atoms with Gasteiger partial charge in [-0.25, -0.2) is 4.79 Å². The minimum Gasteiger partial charge on any atom is -0.548 e. The molecule has 1 rings (SSSR count). The smallest absolute Gasteiger partial charge is 0.319 e. The van der Waals surface area contributed by atoms with Gasteiger partial charge < -0.3 is 20.5 Å². The first-order chi connectivity index (χ1) is 9.35. The van der Waals surface area contributed by atoms with Crippen LogP contribution in [-0.2, 0) is 4.79 Å². The van der Waals surface area contributed by atoms with E-state index in [4.69, 9.17) is 23.2 Å². The number of benzene rings is 1. The Morgan fingerprint density at radius 1 is 1.30 bits per heavy atom. The summed E-state index contributed by atoms with van der Waals surface area (Å²) in [5, 5.41) is 16.5. The third-order valence-electron chi connectivity index (χ3n) is 2.93. The van der Waals surface area contributed by atoms with Crippen molar-refractivity contribution in [3.8, 4) is 0 Å². The van der Waals surface area contributed by atoms with Crippen LogP contribution in [0.2, 0.25) is 10.0 Å². The second-order valence-corrected chi connectivity index (χ2v) is 5.22. The van der Waals surface area contributed by atoms with Crippen LogP contribution in [0.5, 0.6) is 0 Å². The zero-order chi connectivity index (χ0) is 15.3. The Bertz CT molecular complexity index is 508. The molecule has 0 saturated carbocycles. The first-order valence-corrected chi connectivity index (χ1v) is 6.84. The lowest BCUT2D eigenvalue weighted by molar-refractivity contribution is -0.309. The molecule has 0 bridgehead atoms. The molecule has 0 saturated heterocycles. The number of halogens is 2. The van der Waals surface area contributed by atoms with E-state index in [0.29, 0.717) is 22.2 Å². The molecule has 110 valence electrons. The summed E-state index contributed by atoms with van der Waals surface area (Å²) < 4.78 is 0. The molecule has 0 aliphatic rings. The Morgan fingerprint density at radius 2 is 1.95 bits per heavy atom. The lowest BCUT2D eigenvalue weighted by atomic mass is 9.99. The van der Waals surface area contributed by atoms with E-state index in [-0.39, 0.29) is 5.92 Å². The fourth-order valence-electron chi connectivity index (χ4n) is 1.55. The van der Waals surface area contributed by atoms with Crippen LogP contribution in [0.15, 0.2) is 18.2 Å². The van der Waals surface area contributed by atoms with Gasteiger partial charge in [0.05, 0.1) is 22.1 Å². The van der Waals surface area contributed by atoms with Crippen molar-refractivity contribution in [2.45, 2.75) is 26.3 Å². The zero-order valence-electron chi connectivity index (χ0n) is 11.1. The summed E-state index contributed by atoms with van der Waals surface area (Å²) in [4.78, 5) is 22.7. The van der Waals surface area contributed by atoms with Gasteiger partial charge in [0.2, 0.25) is 0 Å². The fraction of sp³-hybridized carbons (Fsp3) is 0.385. The maximum atomic E-state index is 11.8. The molecule has 0 heterocycles. The Hall–Kier alpha value is -1.46. The van der Waals surface area contributed by atoms with Crippen LogP contribution in [0.3, 0.4) is 0 Å². The zero-order valence-corrected chi connectivity index (χ0v) is 12.6. The monoisotopic (exact) mass is 317 g/mol. The van der Waals surface area contributed by atoms with Crippen molar-refractivity contribution in [2.75, 3.05) is 5.32 Å². The molecule has 0 aliphatic heterocycles. The number of carbonyl (C=O) groups is 2. The number of carboxylic acid groups (broad SMARTS) is 1. The number of aliphatic carboxylic acids is 1. The van der Waals surface area contributed by atoms with Gasteiger partial charge in [0.1, 0.15) is 0 Å². The van der Waals surface area contributed by atoms with Gasteiger partial charge in [-0.2, -0.15) is 0 Å². The molecule has 0 unspecified atom stereocenters. The van der Waals surface area contributed by atoms with Crippen molar-refractivity contribution in [1.29, 1.82) is 0 Å². The average molecular weight is 318 g/mol. The van der Waals surface area contributed by atoms with Gasteiger partial charge in [-0.15, -0.1) is 0 Å². The van der Waals surface area contributed by atoms with Crippen LogP contribution in [-0.4, -0.2) is 18.0 Å². The van der Waals surface area contributed by atoms with Gasteiger partial charge >= 0.3 is 6.03 Å². The molecular formula is C13H15Cl2N2O3-. The Morgan fingerprint density at radius 3 is 2.45 bits per heavy atom. The van der Waals surface area contributed by atoms with Gasteiger partial charge in [-0.05, 0) is 24.1 Å². The standard InChI is InChI=1S/C13H16Cl2N2O3/c1-3-7(2)11(12(18)19)17-13(20)16-8-4-5-9(14)10(15)6-8/h4-7,11H,3H2,1-2H3,(H,18,19)(H2,16,17,20)/p-1/t7-,11+/m1/s1. The molecule has 20 heavy (non-hydrogen) atoms. The lowest BCUT2D eigenvalue weighted by Crippen LogP contribution is -2.52. The molecule has 2 N–H and O–H groups in total. The molecule has 2 atom stereocenters. The molecule has 0 aromatic heterocycles. The lowest BCUT2D eigenvalue weighted by Gasteiger charge is -2.25. The Kier molecular flexibility index (Phi) is 6.10. The van der Waals surface area contributed by atoms with E-state index in [1.165, 1.54) is 12.1 Å². The number of rotatable bonds is 5. The van der Waals surface area contributed by atoms with Gasteiger partial charge in [0.25, 0.3) is 0 Å². The predicted molar refractivity (Wildman–Crippen MR) is 76.9 cm³/mol. The van der Waals surface area contributed by atoms with Gasteiger partial charge in [0.15, 0.2) is 0 Å². The SMILES string of the molecule is CC[C@@H](C)[C@H](NC(=O)Nc1ccc(Cl)c(Cl)c1)C(=O)[O-]. The molecule has 0 aliphatic carbocycles. The van der Waals surface area contributed by atoms with Gasteiger partial charge in [-0.1, -0.05) is 43.5 Å². The fourth-order valence-corrected chi connectivity index (χ4v) is 1.85. The highest BCUT2D eigenvalue weighted by molar-refractivity contribution is 6.42. The molecule has 1 aromatic carbocycles. The van der Waals surface area contributed by atoms with Crippen LogP contribution in [0.25, 0.3) is 0 Å². The largest absolute Gasteiger partial charge is 0.548 e. The highest BCUT2D eigenvalue weighted by Crippen LogP contribution is 2.24. The predicted octanol–water partition coefficient (Wildman–Crippen LogP) is 2.28. The van der Waals surface area contributed by atoms with Crippen molar-refractivity contribution in [3.63, 3.8) is 0 Å². The molecule has 2 amide bonds. The third-order valence-corrected chi connectivity index (χ3v) is 3.67. The number of hydrogen-bond acceptors (Lipinski definition) is 3. The number of carboxylic acids is 1. The minimum absolute atomic E-state index is 0.237. The van der Waals surface area contributed by atoms with Gasteiger partial charge in [-0.3, -0.25) is 0 Å². The van der Waals surface area contributed by atoms with E-state index in [2.05, 4.69) is 10.6 Å². The highest BCUT2D eigenvalue weighted by atomic mass is 35.5. The molecule has 5 nitrogen and oxygen atoms in total. The molecule has 7 heteroatoms. The second kappa shape index (κ2) is 7.36. The first-order valence-electron chi connectivity index (χ1n) is 6.08. The molecule has 1 aromatic rings. The average Bonchev–Trinajstić information content (AvgIpc) is 2.39. The van der Waals surface area contributed by atoms with Crippen molar-refractivity contribution in [1.82, 2.24) is 5.32 Å². The summed E-state index contributed by atoms with van der Waals surface area (Å²) in [6, 6.07) is 2.87. The van der Waals surface area contributed by atoms with Crippen molar-refractivity contribution in [2.24, 2.45) is 5.92 Å². The topological polar surface area (TPSA) is 81.3 Å². The van der Waals surface area contributed by atoms with E-state index in [1.54, 1.807) is 13.0 Å². The summed E-state index contributed by atoms with van der Waals surface area (Å²) in [5.74, 6) is -1.55. The van der Waals surface area contributed by atoms with Crippen molar-refractivity contribution >= 4 is 40.9 Å². The van der Waals surface area contributed by atoms with E-state index in [1.807, 2.05) is 6.92 Å². The highest BCUT2D eigenvalue weighted by Gasteiger charge is 2.19. The summed E-state index contributed by atoms with van der Waals surface area (Å²) in [7, 11) is 0. The van der Waals surface area contributed by atoms with Crippen LogP contribution in [0.1, 0.15) is 20.3 Å². The number of anilines is 1.